The van der Waals surface area contributed by atoms with E-state index < -0.39 is 11.9 Å². The number of benzene rings is 1. The van der Waals surface area contributed by atoms with Gasteiger partial charge in [-0.1, -0.05) is 25.4 Å². The van der Waals surface area contributed by atoms with Crippen molar-refractivity contribution in [2.75, 3.05) is 13.7 Å². The summed E-state index contributed by atoms with van der Waals surface area (Å²) in [6, 6.07) is 2.72. The highest BCUT2D eigenvalue weighted by molar-refractivity contribution is 6.34. The van der Waals surface area contributed by atoms with Crippen molar-refractivity contribution >= 4 is 23.5 Å². The zero-order valence-corrected chi connectivity index (χ0v) is 11.8. The highest BCUT2D eigenvalue weighted by Crippen LogP contribution is 2.28. The number of primary amides is 1. The van der Waals surface area contributed by atoms with E-state index in [1.165, 1.54) is 19.2 Å². The lowest BCUT2D eigenvalue weighted by atomic mass is 10.1. The molecule has 0 spiro atoms. The third-order valence-corrected chi connectivity index (χ3v) is 2.60. The first-order valence-electron chi connectivity index (χ1n) is 5.71. The maximum absolute atomic E-state index is 11.8. The molecule has 19 heavy (non-hydrogen) atoms. The quantitative estimate of drug-likeness (QED) is 0.842. The Labute approximate surface area is 116 Å². The fourth-order valence-corrected chi connectivity index (χ4v) is 1.73. The van der Waals surface area contributed by atoms with Gasteiger partial charge in [-0.3, -0.25) is 4.79 Å². The lowest BCUT2D eigenvalue weighted by Crippen LogP contribution is -2.15. The van der Waals surface area contributed by atoms with Crippen LogP contribution in [-0.4, -0.2) is 25.6 Å². The number of amides is 1. The summed E-state index contributed by atoms with van der Waals surface area (Å²) in [5.41, 5.74) is 5.46. The van der Waals surface area contributed by atoms with Gasteiger partial charge < -0.3 is 15.2 Å². The first kappa shape index (κ1) is 15.3. The molecule has 0 aliphatic rings. The summed E-state index contributed by atoms with van der Waals surface area (Å²) >= 11 is 5.93. The van der Waals surface area contributed by atoms with Gasteiger partial charge in [0.25, 0.3) is 5.91 Å². The van der Waals surface area contributed by atoms with Gasteiger partial charge in [-0.25, -0.2) is 4.79 Å². The van der Waals surface area contributed by atoms with Crippen LogP contribution in [0.5, 0.6) is 5.75 Å². The largest absolute Gasteiger partial charge is 0.496 e. The predicted molar refractivity (Wildman–Crippen MR) is 71.6 cm³/mol. The fraction of sp³-hybridized carbons (Fsp3) is 0.385. The molecule has 5 nitrogen and oxygen atoms in total. The molecule has 1 aromatic rings. The van der Waals surface area contributed by atoms with Crippen LogP contribution in [-0.2, 0) is 4.74 Å². The SMILES string of the molecule is COc1cc(C(=O)OCC(C)C)cc(Cl)c1C(N)=O. The van der Waals surface area contributed by atoms with Crippen molar-refractivity contribution in [3.63, 3.8) is 0 Å². The number of hydrogen-bond acceptors (Lipinski definition) is 4. The highest BCUT2D eigenvalue weighted by Gasteiger charge is 2.19. The van der Waals surface area contributed by atoms with E-state index in [0.717, 1.165) is 0 Å². The zero-order chi connectivity index (χ0) is 14.6. The zero-order valence-electron chi connectivity index (χ0n) is 11.0. The molecule has 1 rings (SSSR count). The van der Waals surface area contributed by atoms with Crippen molar-refractivity contribution in [2.24, 2.45) is 11.7 Å². The van der Waals surface area contributed by atoms with E-state index >= 15 is 0 Å². The Balaban J connectivity index is 3.08. The van der Waals surface area contributed by atoms with Gasteiger partial charge in [0.15, 0.2) is 0 Å². The van der Waals surface area contributed by atoms with E-state index in [9.17, 15) is 9.59 Å². The molecule has 0 saturated heterocycles. The van der Waals surface area contributed by atoms with Crippen LogP contribution in [0, 0.1) is 5.92 Å². The molecule has 0 aliphatic carbocycles. The smallest absolute Gasteiger partial charge is 0.338 e. The van der Waals surface area contributed by atoms with Gasteiger partial charge in [0.2, 0.25) is 0 Å². The Morgan fingerprint density at radius 2 is 2.00 bits per heavy atom. The molecule has 0 aliphatic heterocycles. The Bertz CT molecular complexity index is 500. The Hall–Kier alpha value is -1.75. The molecule has 0 unspecified atom stereocenters. The first-order valence-corrected chi connectivity index (χ1v) is 6.09. The lowest BCUT2D eigenvalue weighted by molar-refractivity contribution is 0.0458. The molecule has 1 aromatic carbocycles. The predicted octanol–water partition coefficient (Wildman–Crippen LogP) is 2.26. The van der Waals surface area contributed by atoms with E-state index in [1.54, 1.807) is 0 Å². The molecular formula is C13H16ClNO4. The number of rotatable bonds is 5. The highest BCUT2D eigenvalue weighted by atomic mass is 35.5. The second kappa shape index (κ2) is 6.43. The Morgan fingerprint density at radius 1 is 1.37 bits per heavy atom. The molecule has 104 valence electrons. The number of hydrogen-bond donors (Lipinski definition) is 1. The van der Waals surface area contributed by atoms with E-state index in [0.29, 0.717) is 6.61 Å². The van der Waals surface area contributed by atoms with Crippen molar-refractivity contribution in [1.82, 2.24) is 0 Å². The molecule has 2 N–H and O–H groups in total. The number of carbonyl (C=O) groups is 2. The van der Waals surface area contributed by atoms with E-state index in [2.05, 4.69) is 0 Å². The van der Waals surface area contributed by atoms with E-state index in [1.807, 2.05) is 13.8 Å². The second-order valence-corrected chi connectivity index (χ2v) is 4.80. The van der Waals surface area contributed by atoms with Gasteiger partial charge >= 0.3 is 5.97 Å². The average Bonchev–Trinajstić information content (AvgIpc) is 2.34. The number of methoxy groups -OCH3 is 1. The van der Waals surface area contributed by atoms with Crippen molar-refractivity contribution in [3.8, 4) is 5.75 Å². The third kappa shape index (κ3) is 3.86. The summed E-state index contributed by atoms with van der Waals surface area (Å²) in [6.45, 7) is 4.16. The lowest BCUT2D eigenvalue weighted by Gasteiger charge is -2.11. The number of carbonyl (C=O) groups excluding carboxylic acids is 2. The van der Waals surface area contributed by atoms with Gasteiger partial charge in [-0.15, -0.1) is 0 Å². The fourth-order valence-electron chi connectivity index (χ4n) is 1.43. The van der Waals surface area contributed by atoms with Crippen LogP contribution in [0.2, 0.25) is 5.02 Å². The molecule has 0 saturated carbocycles. The number of esters is 1. The summed E-state index contributed by atoms with van der Waals surface area (Å²) in [5, 5.41) is 0.0587. The van der Waals surface area contributed by atoms with Crippen LogP contribution in [0.25, 0.3) is 0 Å². The minimum absolute atomic E-state index is 0.0459. The van der Waals surface area contributed by atoms with Gasteiger partial charge in [-0.05, 0) is 18.1 Å². The van der Waals surface area contributed by atoms with Crippen LogP contribution >= 0.6 is 11.6 Å². The number of ether oxygens (including phenoxy) is 2. The Morgan fingerprint density at radius 3 is 2.47 bits per heavy atom. The minimum Gasteiger partial charge on any atom is -0.496 e. The molecule has 0 atom stereocenters. The molecule has 0 aromatic heterocycles. The summed E-state index contributed by atoms with van der Waals surface area (Å²) in [5.74, 6) is -0.864. The van der Waals surface area contributed by atoms with Gasteiger partial charge in [0.05, 0.1) is 29.9 Å². The number of nitrogens with two attached hydrogens (primary N) is 1. The van der Waals surface area contributed by atoms with Gasteiger partial charge in [-0.2, -0.15) is 0 Å². The molecule has 0 heterocycles. The van der Waals surface area contributed by atoms with Gasteiger partial charge in [0, 0.05) is 0 Å². The molecule has 1 amide bonds. The summed E-state index contributed by atoms with van der Waals surface area (Å²) in [7, 11) is 1.36. The second-order valence-electron chi connectivity index (χ2n) is 4.39. The molecule has 0 bridgehead atoms. The summed E-state index contributed by atoms with van der Waals surface area (Å²) < 4.78 is 10.1. The van der Waals surface area contributed by atoms with Crippen molar-refractivity contribution in [3.05, 3.63) is 28.3 Å². The third-order valence-electron chi connectivity index (χ3n) is 2.30. The average molecular weight is 286 g/mol. The van der Waals surface area contributed by atoms with Crippen LogP contribution in [0.1, 0.15) is 34.6 Å². The van der Waals surface area contributed by atoms with Crippen molar-refractivity contribution in [2.45, 2.75) is 13.8 Å². The topological polar surface area (TPSA) is 78.6 Å². The Kier molecular flexibility index (Phi) is 5.18. The maximum atomic E-state index is 11.8. The van der Waals surface area contributed by atoms with Crippen LogP contribution in [0.4, 0.5) is 0 Å². The number of halogens is 1. The van der Waals surface area contributed by atoms with Crippen molar-refractivity contribution in [1.29, 1.82) is 0 Å². The molecule has 0 radical (unpaired) electrons. The van der Waals surface area contributed by atoms with Crippen molar-refractivity contribution < 1.29 is 19.1 Å². The standard InChI is InChI=1S/C13H16ClNO4/c1-7(2)6-19-13(17)8-4-9(14)11(12(15)16)10(5-8)18-3/h4-5,7H,6H2,1-3H3,(H2,15,16). The van der Waals surface area contributed by atoms with E-state index in [4.69, 9.17) is 26.8 Å². The molecule has 6 heteroatoms. The van der Waals surface area contributed by atoms with Crippen LogP contribution in [0.3, 0.4) is 0 Å². The summed E-state index contributed by atoms with van der Waals surface area (Å²) in [4.78, 5) is 23.0. The van der Waals surface area contributed by atoms with Crippen LogP contribution in [0.15, 0.2) is 12.1 Å². The normalized spacial score (nSPS) is 10.4. The minimum atomic E-state index is -0.719. The monoisotopic (exact) mass is 285 g/mol. The van der Waals surface area contributed by atoms with Crippen LogP contribution < -0.4 is 10.5 Å². The first-order chi connectivity index (χ1) is 8.86. The molecular weight excluding hydrogens is 270 g/mol. The van der Waals surface area contributed by atoms with E-state index in [-0.39, 0.29) is 27.8 Å². The summed E-state index contributed by atoms with van der Waals surface area (Å²) in [6.07, 6.45) is 0. The molecule has 0 fully saturated rings. The maximum Gasteiger partial charge on any atom is 0.338 e. The van der Waals surface area contributed by atoms with Gasteiger partial charge in [0.1, 0.15) is 5.75 Å².